The minimum Gasteiger partial charge on any atom is -0.574 e. The van der Waals surface area contributed by atoms with Crippen LogP contribution in [0.1, 0.15) is 113 Å². The molecule has 0 saturated heterocycles. The zero-order valence-electron chi connectivity index (χ0n) is 19.7. The van der Waals surface area contributed by atoms with Gasteiger partial charge in [-0.15, -0.1) is 21.7 Å². The van der Waals surface area contributed by atoms with Gasteiger partial charge in [-0.1, -0.05) is 95.0 Å². The fraction of sp³-hybridized carbons (Fsp3) is 0.840. The Morgan fingerprint density at radius 2 is 1.75 bits per heavy atom. The third-order valence-electron chi connectivity index (χ3n) is 6.89. The lowest BCUT2D eigenvalue weighted by molar-refractivity contribution is 0.213. The van der Waals surface area contributed by atoms with Crippen LogP contribution in [0, 0.1) is 23.6 Å². The molecule has 1 saturated carbocycles. The normalized spacial score (nSPS) is 18.9. The molecule has 1 rings (SSSR count). The summed E-state index contributed by atoms with van der Waals surface area (Å²) in [5, 5.41) is -0.0370. The summed E-state index contributed by atoms with van der Waals surface area (Å²) < 4.78 is 7.96. The maximum atomic E-state index is 6.77. The van der Waals surface area contributed by atoms with Crippen molar-refractivity contribution in [2.45, 2.75) is 124 Å². The summed E-state index contributed by atoms with van der Waals surface area (Å²) in [5.41, 5.74) is 0. The summed E-state index contributed by atoms with van der Waals surface area (Å²) in [6.07, 6.45) is 13.9. The van der Waals surface area contributed by atoms with Gasteiger partial charge >= 0.3 is 0 Å². The smallest absolute Gasteiger partial charge is 0.225 e. The summed E-state index contributed by atoms with van der Waals surface area (Å²) in [7, 11) is 0. The van der Waals surface area contributed by atoms with Crippen molar-refractivity contribution in [3.63, 3.8) is 0 Å². The average molecular weight is 452 g/mol. The minimum absolute atomic E-state index is 0.0370. The molecule has 0 aliphatic heterocycles. The molecule has 3 heteroatoms. The van der Waals surface area contributed by atoms with E-state index in [9.17, 15) is 0 Å². The predicted molar refractivity (Wildman–Crippen MR) is 131 cm³/mol. The lowest BCUT2D eigenvalue weighted by atomic mass is 9.24. The van der Waals surface area contributed by atoms with Crippen molar-refractivity contribution < 1.29 is 4.65 Å². The Morgan fingerprint density at radius 3 is 2.29 bits per heavy atom. The van der Waals surface area contributed by atoms with Gasteiger partial charge in [0.05, 0.1) is 0 Å². The molecule has 0 amide bonds. The van der Waals surface area contributed by atoms with E-state index < -0.39 is 6.35 Å². The molecule has 0 bridgehead atoms. The number of allylic oxidation sites excluding steroid dienone is 1. The molecule has 1 atom stereocenters. The molecule has 0 radical (unpaired) electrons. The molecule has 1 aliphatic rings. The molecule has 0 spiro atoms. The molecule has 0 heterocycles. The lowest BCUT2D eigenvalue weighted by Gasteiger charge is -2.54. The highest BCUT2D eigenvalue weighted by molar-refractivity contribution is 9.12. The quantitative estimate of drug-likeness (QED) is 0.183. The van der Waals surface area contributed by atoms with E-state index in [1.807, 2.05) is 0 Å². The van der Waals surface area contributed by atoms with Crippen molar-refractivity contribution in [2.75, 3.05) is 0 Å². The van der Waals surface area contributed by atoms with Gasteiger partial charge in [-0.2, -0.15) is 0 Å². The van der Waals surface area contributed by atoms with Gasteiger partial charge in [0.15, 0.2) is 0 Å². The van der Waals surface area contributed by atoms with Gasteiger partial charge in [-0.05, 0) is 39.5 Å². The van der Waals surface area contributed by atoms with Crippen molar-refractivity contribution in [2.24, 2.45) is 11.8 Å². The molecule has 162 valence electrons. The summed E-state index contributed by atoms with van der Waals surface area (Å²) in [5.74, 6) is 8.51. The summed E-state index contributed by atoms with van der Waals surface area (Å²) >= 11 is 3.99. The second kappa shape index (κ2) is 12.5. The Labute approximate surface area is 184 Å². The van der Waals surface area contributed by atoms with Crippen molar-refractivity contribution >= 4 is 22.3 Å². The summed E-state index contributed by atoms with van der Waals surface area (Å²) in [6.45, 7) is 15.9. The third-order valence-corrected chi connectivity index (χ3v) is 7.86. The van der Waals surface area contributed by atoms with E-state index in [0.29, 0.717) is 11.8 Å². The Bertz CT molecular complexity index is 534. The van der Waals surface area contributed by atoms with Crippen LogP contribution in [-0.2, 0) is 4.65 Å². The molecule has 0 aromatic heterocycles. The molecule has 1 unspecified atom stereocenters. The molecular formula is C25H45BBrO-. The fourth-order valence-electron chi connectivity index (χ4n) is 4.22. The molecule has 0 aromatic carbocycles. The first-order valence-corrected chi connectivity index (χ1v) is 12.7. The number of hydrogen-bond donors (Lipinski definition) is 0. The van der Waals surface area contributed by atoms with Crippen LogP contribution >= 0.6 is 15.9 Å². The Hall–Kier alpha value is -0.195. The average Bonchev–Trinajstić information content (AvgIpc) is 2.65. The Balaban J connectivity index is 3.27. The van der Waals surface area contributed by atoms with Crippen LogP contribution in [0.3, 0.4) is 0 Å². The zero-order chi connectivity index (χ0) is 21.2. The standard InChI is InChI=1S/C25H45BBrO/c1-8-9-10-11-15-18-24(27)26(28-22(4)5,25(6,7)21(2)3)20-19-23-16-13-12-14-17-23/h18,21-23H,8-17H2,1-7H3/q-1/b24-18-. The van der Waals surface area contributed by atoms with Crippen LogP contribution in [0.5, 0.6) is 0 Å². The predicted octanol–water partition coefficient (Wildman–Crippen LogP) is 8.70. The van der Waals surface area contributed by atoms with Gasteiger partial charge in [0, 0.05) is 12.0 Å². The highest BCUT2D eigenvalue weighted by Gasteiger charge is 2.44. The van der Waals surface area contributed by atoms with Crippen LogP contribution in [-0.4, -0.2) is 12.5 Å². The second-order valence-electron chi connectivity index (χ2n) is 10.0. The highest BCUT2D eigenvalue weighted by atomic mass is 79.9. The second-order valence-corrected chi connectivity index (χ2v) is 10.9. The van der Waals surface area contributed by atoms with E-state index >= 15 is 0 Å². The fourth-order valence-corrected chi connectivity index (χ4v) is 5.26. The minimum atomic E-state index is -1.44. The number of rotatable bonds is 10. The first kappa shape index (κ1) is 25.8. The van der Waals surface area contributed by atoms with Gasteiger partial charge in [0.25, 0.3) is 0 Å². The highest BCUT2D eigenvalue weighted by Crippen LogP contribution is 2.50. The van der Waals surface area contributed by atoms with Crippen LogP contribution in [0.4, 0.5) is 0 Å². The SMILES string of the molecule is CCCCCC/C=C(\Br)[B-](C#CC1CCCCC1)(OC(C)C)C(C)(C)C(C)C. The number of halogens is 1. The molecular weight excluding hydrogens is 407 g/mol. The number of hydrogen-bond acceptors (Lipinski definition) is 1. The molecule has 0 aromatic rings. The first-order valence-electron chi connectivity index (χ1n) is 11.9. The van der Waals surface area contributed by atoms with Crippen molar-refractivity contribution in [1.82, 2.24) is 0 Å². The molecule has 0 N–H and O–H groups in total. The van der Waals surface area contributed by atoms with Gasteiger partial charge in [-0.25, -0.2) is 0 Å². The summed E-state index contributed by atoms with van der Waals surface area (Å²) in [4.78, 5) is 0. The largest absolute Gasteiger partial charge is 0.574 e. The molecule has 28 heavy (non-hydrogen) atoms. The van der Waals surface area contributed by atoms with E-state index in [1.165, 1.54) is 62.2 Å². The maximum absolute atomic E-state index is 6.77. The molecule has 1 nitrogen and oxygen atoms in total. The van der Waals surface area contributed by atoms with E-state index in [-0.39, 0.29) is 11.4 Å². The monoisotopic (exact) mass is 451 g/mol. The van der Waals surface area contributed by atoms with Crippen LogP contribution in [0.25, 0.3) is 0 Å². The number of unbranched alkanes of at least 4 members (excludes halogenated alkanes) is 4. The van der Waals surface area contributed by atoms with Gasteiger partial charge in [0.2, 0.25) is 6.35 Å². The molecule has 1 aliphatic carbocycles. The zero-order valence-corrected chi connectivity index (χ0v) is 21.3. The van der Waals surface area contributed by atoms with Crippen LogP contribution in [0.15, 0.2) is 10.5 Å². The van der Waals surface area contributed by atoms with Gasteiger partial charge in [-0.3, -0.25) is 5.82 Å². The van der Waals surface area contributed by atoms with Gasteiger partial charge < -0.3 is 4.65 Å². The van der Waals surface area contributed by atoms with Crippen molar-refractivity contribution in [3.8, 4) is 11.7 Å². The lowest BCUT2D eigenvalue weighted by Crippen LogP contribution is -2.52. The topological polar surface area (TPSA) is 9.23 Å². The van der Waals surface area contributed by atoms with E-state index in [2.05, 4.69) is 82.2 Å². The van der Waals surface area contributed by atoms with Crippen LogP contribution < -0.4 is 0 Å². The van der Waals surface area contributed by atoms with E-state index in [1.54, 1.807) is 0 Å². The Kier molecular flexibility index (Phi) is 11.5. The third kappa shape index (κ3) is 7.25. The molecule has 1 fully saturated rings. The van der Waals surface area contributed by atoms with Crippen LogP contribution in [0.2, 0.25) is 5.31 Å². The Morgan fingerprint density at radius 1 is 1.11 bits per heavy atom. The van der Waals surface area contributed by atoms with Crippen molar-refractivity contribution in [3.05, 3.63) is 10.5 Å². The van der Waals surface area contributed by atoms with E-state index in [4.69, 9.17) is 4.65 Å². The maximum Gasteiger partial charge on any atom is 0.225 e. The summed E-state index contributed by atoms with van der Waals surface area (Å²) in [6, 6.07) is 0. The van der Waals surface area contributed by atoms with Crippen molar-refractivity contribution in [1.29, 1.82) is 0 Å². The van der Waals surface area contributed by atoms with Gasteiger partial charge in [0.1, 0.15) is 0 Å². The van der Waals surface area contributed by atoms with E-state index in [0.717, 1.165) is 6.42 Å². The first-order chi connectivity index (χ1) is 13.2.